The van der Waals surface area contributed by atoms with E-state index in [0.717, 1.165) is 25.7 Å². The number of ketones is 1. The van der Waals surface area contributed by atoms with Crippen LogP contribution in [0.2, 0.25) is 0 Å². The Labute approximate surface area is 252 Å². The summed E-state index contributed by atoms with van der Waals surface area (Å²) in [6, 6.07) is 2.85. The van der Waals surface area contributed by atoms with Crippen molar-refractivity contribution in [3.63, 3.8) is 0 Å². The maximum Gasteiger partial charge on any atom is 0.243 e. The fourth-order valence-corrected chi connectivity index (χ4v) is 6.09. The van der Waals surface area contributed by atoms with Crippen molar-refractivity contribution in [2.45, 2.75) is 81.0 Å². The molecule has 0 aromatic heterocycles. The highest BCUT2D eigenvalue weighted by atomic mass is 32.2. The molecule has 0 unspecified atom stereocenters. The van der Waals surface area contributed by atoms with Crippen LogP contribution < -0.4 is 21.1 Å². The maximum atomic E-state index is 13.7. The molecule has 3 aliphatic rings. The molecule has 0 bridgehead atoms. The average molecular weight is 622 g/mol. The van der Waals surface area contributed by atoms with Gasteiger partial charge in [0.1, 0.15) is 17.7 Å². The molecule has 2 saturated heterocycles. The van der Waals surface area contributed by atoms with Gasteiger partial charge in [0, 0.05) is 19.5 Å². The lowest BCUT2D eigenvalue weighted by molar-refractivity contribution is -0.134. The van der Waals surface area contributed by atoms with Crippen molar-refractivity contribution >= 4 is 33.5 Å². The minimum atomic E-state index is -3.91. The second kappa shape index (κ2) is 14.2. The number of benzene rings is 1. The van der Waals surface area contributed by atoms with E-state index in [0.29, 0.717) is 50.8 Å². The van der Waals surface area contributed by atoms with Crippen molar-refractivity contribution in [1.82, 2.24) is 20.9 Å². The van der Waals surface area contributed by atoms with E-state index in [2.05, 4.69) is 16.0 Å². The predicted molar refractivity (Wildman–Crippen MR) is 156 cm³/mol. The number of hydrogen-bond acceptors (Lipinski definition) is 9. The number of epoxide rings is 1. The molecule has 1 aliphatic carbocycles. The number of ether oxygens (including phenoxy) is 2. The summed E-state index contributed by atoms with van der Waals surface area (Å²) in [7, 11) is -3.91. The van der Waals surface area contributed by atoms with Gasteiger partial charge >= 0.3 is 0 Å². The van der Waals surface area contributed by atoms with Gasteiger partial charge in [-0.05, 0) is 43.9 Å². The summed E-state index contributed by atoms with van der Waals surface area (Å²) in [6.07, 6.45) is 4.62. The molecular weight excluding hydrogens is 578 g/mol. The summed E-state index contributed by atoms with van der Waals surface area (Å²) in [5.74, 6) is -1.36. The molecule has 4 atom stereocenters. The average Bonchev–Trinajstić information content (AvgIpc) is 3.50. The van der Waals surface area contributed by atoms with Crippen LogP contribution >= 0.6 is 0 Å². The smallest absolute Gasteiger partial charge is 0.243 e. The van der Waals surface area contributed by atoms with Crippen molar-refractivity contribution in [3.8, 4) is 0 Å². The van der Waals surface area contributed by atoms with Crippen LogP contribution in [0.5, 0.6) is 0 Å². The zero-order chi connectivity index (χ0) is 31.2. The van der Waals surface area contributed by atoms with Crippen LogP contribution in [0.4, 0.5) is 0 Å². The lowest BCUT2D eigenvalue weighted by Gasteiger charge is -2.27. The number of amides is 3. The molecule has 1 saturated carbocycles. The number of nitrogens with zero attached hydrogens (tertiary/aromatic N) is 1. The first-order valence-electron chi connectivity index (χ1n) is 14.8. The highest BCUT2D eigenvalue weighted by molar-refractivity contribution is 7.89. The standard InChI is InChI=1S/C29H43N5O8S/c1-19(31-25(35)17-34-11-13-41-14-12-34)27(37)33-24(16-21-7-9-22(10-8-21)43(30,39)40)28(38)32-23(15-20-5-3-4-6-20)26(36)29(2)18-42-29/h7-10,19-20,23-24H,3-6,11-18H2,1-2H3,(H,31,35)(H,32,38)(H,33,37)(H2,30,39,40)/t19-,23-,24-,29+/m0/s1. The number of primary sulfonamides is 1. The van der Waals surface area contributed by atoms with Gasteiger partial charge in [0.15, 0.2) is 5.78 Å². The van der Waals surface area contributed by atoms with E-state index >= 15 is 0 Å². The first-order valence-corrected chi connectivity index (χ1v) is 16.4. The van der Waals surface area contributed by atoms with Gasteiger partial charge in [-0.3, -0.25) is 24.1 Å². The summed E-state index contributed by atoms with van der Waals surface area (Å²) >= 11 is 0. The number of morpholine rings is 1. The van der Waals surface area contributed by atoms with E-state index in [1.54, 1.807) is 6.92 Å². The van der Waals surface area contributed by atoms with Gasteiger partial charge in [-0.15, -0.1) is 0 Å². The molecular formula is C29H43N5O8S. The third kappa shape index (κ3) is 9.54. The highest BCUT2D eigenvalue weighted by Crippen LogP contribution is 2.33. The van der Waals surface area contributed by atoms with Crippen molar-refractivity contribution in [2.75, 3.05) is 39.5 Å². The van der Waals surface area contributed by atoms with Crippen LogP contribution in [0.1, 0.15) is 51.5 Å². The number of nitrogens with two attached hydrogens (primary N) is 1. The summed E-state index contributed by atoms with van der Waals surface area (Å²) in [4.78, 5) is 54.7. The Hall–Kier alpha value is -2.91. The van der Waals surface area contributed by atoms with Crippen molar-refractivity contribution in [2.24, 2.45) is 11.1 Å². The number of hydrogen-bond donors (Lipinski definition) is 4. The largest absolute Gasteiger partial charge is 0.379 e. The van der Waals surface area contributed by atoms with E-state index in [4.69, 9.17) is 14.6 Å². The molecule has 14 heteroatoms. The van der Waals surface area contributed by atoms with Crippen molar-refractivity contribution < 1.29 is 37.1 Å². The lowest BCUT2D eigenvalue weighted by Crippen LogP contribution is -2.57. The predicted octanol–water partition coefficient (Wildman–Crippen LogP) is -0.379. The minimum Gasteiger partial charge on any atom is -0.379 e. The van der Waals surface area contributed by atoms with Crippen molar-refractivity contribution in [3.05, 3.63) is 29.8 Å². The number of carbonyl (C=O) groups is 4. The van der Waals surface area contributed by atoms with Crippen LogP contribution in [0.15, 0.2) is 29.2 Å². The minimum absolute atomic E-state index is 0.00895. The fraction of sp³-hybridized carbons (Fsp3) is 0.655. The van der Waals surface area contributed by atoms with Gasteiger partial charge in [-0.2, -0.15) is 0 Å². The summed E-state index contributed by atoms with van der Waals surface area (Å²) < 4.78 is 34.1. The molecule has 13 nitrogen and oxygen atoms in total. The van der Waals surface area contributed by atoms with Gasteiger partial charge in [-0.1, -0.05) is 37.8 Å². The van der Waals surface area contributed by atoms with Crippen LogP contribution in [-0.2, 0) is 45.1 Å². The Bertz CT molecular complexity index is 1270. The van der Waals surface area contributed by atoms with Crippen LogP contribution in [0, 0.1) is 5.92 Å². The Kier molecular flexibility index (Phi) is 10.9. The van der Waals surface area contributed by atoms with E-state index in [9.17, 15) is 27.6 Å². The molecule has 3 fully saturated rings. The molecule has 2 heterocycles. The molecule has 43 heavy (non-hydrogen) atoms. The number of carbonyl (C=O) groups excluding carboxylic acids is 4. The first-order chi connectivity index (χ1) is 20.3. The molecule has 1 aromatic rings. The molecule has 1 aromatic carbocycles. The van der Waals surface area contributed by atoms with Crippen LogP contribution in [0.25, 0.3) is 0 Å². The Morgan fingerprint density at radius 2 is 1.60 bits per heavy atom. The summed E-state index contributed by atoms with van der Waals surface area (Å²) in [5, 5.41) is 13.5. The number of Topliss-reactive ketones (excluding diaryl/α,β-unsaturated/α-hetero) is 1. The molecule has 4 rings (SSSR count). The normalized spacial score (nSPS) is 23.1. The quantitative estimate of drug-likeness (QED) is 0.201. The Morgan fingerprint density at radius 1 is 1.00 bits per heavy atom. The fourth-order valence-electron chi connectivity index (χ4n) is 5.57. The van der Waals surface area contributed by atoms with Crippen molar-refractivity contribution in [1.29, 1.82) is 0 Å². The Morgan fingerprint density at radius 3 is 2.19 bits per heavy atom. The third-order valence-electron chi connectivity index (χ3n) is 8.34. The molecule has 3 amide bonds. The van der Waals surface area contributed by atoms with E-state index in [1.807, 2.05) is 4.90 Å². The SMILES string of the molecule is C[C@H](NC(=O)CN1CCOCC1)C(=O)N[C@@H](Cc1ccc(S(N)(=O)=O)cc1)C(=O)N[C@@H](CC1CCCC1)C(=O)[C@@]1(C)CO1. The highest BCUT2D eigenvalue weighted by Gasteiger charge is 2.50. The van der Waals surface area contributed by atoms with Crippen LogP contribution in [0.3, 0.4) is 0 Å². The second-order valence-corrected chi connectivity index (χ2v) is 13.5. The number of sulfonamides is 1. The van der Waals surface area contributed by atoms with E-state index in [1.165, 1.54) is 31.2 Å². The zero-order valence-electron chi connectivity index (χ0n) is 24.8. The van der Waals surface area contributed by atoms with Gasteiger partial charge in [0.25, 0.3) is 0 Å². The summed E-state index contributed by atoms with van der Waals surface area (Å²) in [5.41, 5.74) is -0.369. The topological polar surface area (TPSA) is 190 Å². The lowest BCUT2D eigenvalue weighted by atomic mass is 9.90. The Balaban J connectivity index is 1.46. The van der Waals surface area contributed by atoms with E-state index in [-0.39, 0.29) is 29.6 Å². The van der Waals surface area contributed by atoms with Gasteiger partial charge in [0.05, 0.1) is 37.3 Å². The second-order valence-electron chi connectivity index (χ2n) is 12.0. The zero-order valence-corrected chi connectivity index (χ0v) is 25.6. The first kappa shape index (κ1) is 33.0. The maximum absolute atomic E-state index is 13.7. The van der Waals surface area contributed by atoms with Crippen LogP contribution in [-0.4, -0.2) is 100 Å². The van der Waals surface area contributed by atoms with Gasteiger partial charge in [0.2, 0.25) is 27.7 Å². The summed E-state index contributed by atoms with van der Waals surface area (Å²) in [6.45, 7) is 5.95. The molecule has 5 N–H and O–H groups in total. The molecule has 2 aliphatic heterocycles. The van der Waals surface area contributed by atoms with E-state index < -0.39 is 45.6 Å². The number of nitrogens with one attached hydrogen (secondary N) is 3. The monoisotopic (exact) mass is 621 g/mol. The third-order valence-corrected chi connectivity index (χ3v) is 9.27. The van der Waals surface area contributed by atoms with Gasteiger partial charge < -0.3 is 25.4 Å². The molecule has 0 radical (unpaired) electrons. The molecule has 0 spiro atoms. The molecule has 238 valence electrons. The number of rotatable bonds is 14. The van der Waals surface area contributed by atoms with Gasteiger partial charge in [-0.25, -0.2) is 13.6 Å².